The van der Waals surface area contributed by atoms with Crippen LogP contribution in [0.4, 0.5) is 5.69 Å². The van der Waals surface area contributed by atoms with E-state index in [9.17, 15) is 14.4 Å². The van der Waals surface area contributed by atoms with Gasteiger partial charge in [-0.1, -0.05) is 23.2 Å². The molecule has 2 heterocycles. The number of aromatic nitrogens is 2. The number of anilines is 1. The van der Waals surface area contributed by atoms with Crippen LogP contribution in [0.25, 0.3) is 0 Å². The number of hydrogen-bond acceptors (Lipinski definition) is 4. The number of carbonyl (C=O) groups is 3. The lowest BCUT2D eigenvalue weighted by Gasteiger charge is -2.24. The van der Waals surface area contributed by atoms with Crippen LogP contribution in [-0.2, 0) is 11.8 Å². The summed E-state index contributed by atoms with van der Waals surface area (Å²) in [5, 5.41) is 3.53. The number of benzene rings is 2. The molecular weight excluding hydrogens is 451 g/mol. The van der Waals surface area contributed by atoms with Crippen molar-refractivity contribution in [2.24, 2.45) is 7.05 Å². The zero-order chi connectivity index (χ0) is 22.8. The highest BCUT2D eigenvalue weighted by Gasteiger charge is 2.35. The van der Waals surface area contributed by atoms with Crippen molar-refractivity contribution in [2.75, 3.05) is 11.9 Å². The minimum Gasteiger partial charge on any atom is -0.331 e. The monoisotopic (exact) mass is 470 g/mol. The van der Waals surface area contributed by atoms with E-state index in [1.165, 1.54) is 11.0 Å². The maximum Gasteiger partial charge on any atom is 0.256 e. The van der Waals surface area contributed by atoms with Crippen molar-refractivity contribution in [3.8, 4) is 0 Å². The first kappa shape index (κ1) is 22.0. The van der Waals surface area contributed by atoms with E-state index in [0.29, 0.717) is 46.5 Å². The molecule has 1 aromatic heterocycles. The largest absolute Gasteiger partial charge is 0.331 e. The molecule has 164 valence electrons. The molecule has 4 rings (SSSR count). The summed E-state index contributed by atoms with van der Waals surface area (Å²) in [6.07, 6.45) is 4.52. The number of hydrogen-bond donors (Lipinski definition) is 1. The average Bonchev–Trinajstić information content (AvgIpc) is 3.44. The van der Waals surface area contributed by atoms with E-state index in [1.807, 2.05) is 0 Å². The summed E-state index contributed by atoms with van der Waals surface area (Å²) in [7, 11) is 1.75. The highest BCUT2D eigenvalue weighted by atomic mass is 35.5. The Morgan fingerprint density at radius 3 is 2.53 bits per heavy atom. The number of nitrogens with one attached hydrogen (secondary N) is 1. The first-order valence-electron chi connectivity index (χ1n) is 10.0. The van der Waals surface area contributed by atoms with Gasteiger partial charge in [0.05, 0.1) is 10.6 Å². The van der Waals surface area contributed by atoms with Crippen LogP contribution >= 0.6 is 23.2 Å². The van der Waals surface area contributed by atoms with Gasteiger partial charge in [-0.25, -0.2) is 4.98 Å². The number of likely N-dealkylation sites (tertiary alicyclic amines) is 1. The first-order valence-corrected chi connectivity index (χ1v) is 10.8. The smallest absolute Gasteiger partial charge is 0.256 e. The topological polar surface area (TPSA) is 84.3 Å². The molecule has 0 spiro atoms. The van der Waals surface area contributed by atoms with Crippen LogP contribution in [0.3, 0.4) is 0 Å². The molecule has 0 radical (unpaired) electrons. The van der Waals surface area contributed by atoms with E-state index in [2.05, 4.69) is 10.3 Å². The van der Waals surface area contributed by atoms with Crippen LogP contribution in [0.2, 0.25) is 10.0 Å². The Bertz CT molecular complexity index is 1190. The van der Waals surface area contributed by atoms with E-state index < -0.39 is 6.04 Å². The van der Waals surface area contributed by atoms with Crippen LogP contribution in [0.15, 0.2) is 54.9 Å². The molecule has 9 heteroatoms. The zero-order valence-corrected chi connectivity index (χ0v) is 18.7. The molecule has 1 N–H and O–H groups in total. The summed E-state index contributed by atoms with van der Waals surface area (Å²) in [5.41, 5.74) is 1.27. The van der Waals surface area contributed by atoms with Gasteiger partial charge in [0.15, 0.2) is 5.82 Å². The molecular formula is C23H20Cl2N4O3. The Morgan fingerprint density at radius 1 is 1.09 bits per heavy atom. The average molecular weight is 471 g/mol. The molecule has 0 bridgehead atoms. The van der Waals surface area contributed by atoms with E-state index in [4.69, 9.17) is 23.2 Å². The van der Waals surface area contributed by atoms with Crippen molar-refractivity contribution in [3.63, 3.8) is 0 Å². The lowest BCUT2D eigenvalue weighted by Crippen LogP contribution is -2.43. The number of aryl methyl sites for hydroxylation is 1. The van der Waals surface area contributed by atoms with E-state index in [-0.39, 0.29) is 23.2 Å². The molecule has 0 aliphatic carbocycles. The molecule has 1 saturated heterocycles. The van der Waals surface area contributed by atoms with Crippen molar-refractivity contribution < 1.29 is 14.4 Å². The van der Waals surface area contributed by atoms with E-state index in [1.54, 1.807) is 60.4 Å². The summed E-state index contributed by atoms with van der Waals surface area (Å²) >= 11 is 12.2. The van der Waals surface area contributed by atoms with E-state index >= 15 is 0 Å². The SMILES string of the molecule is Cn1ccnc1C(=O)c1ccc(NC(=O)C2CCCN2C(=O)c2cc(Cl)ccc2Cl)cc1. The molecule has 7 nitrogen and oxygen atoms in total. The summed E-state index contributed by atoms with van der Waals surface area (Å²) in [6, 6.07) is 10.6. The van der Waals surface area contributed by atoms with Crippen LogP contribution in [-0.4, -0.2) is 44.6 Å². The Kier molecular flexibility index (Phi) is 6.30. The Labute approximate surface area is 194 Å². The molecule has 1 aliphatic rings. The summed E-state index contributed by atoms with van der Waals surface area (Å²) in [6.45, 7) is 0.455. The van der Waals surface area contributed by atoms with Gasteiger partial charge in [0.1, 0.15) is 6.04 Å². The fraction of sp³-hybridized carbons (Fsp3) is 0.217. The fourth-order valence-electron chi connectivity index (χ4n) is 3.74. The molecule has 0 saturated carbocycles. The predicted octanol–water partition coefficient (Wildman–Crippen LogP) is 4.20. The molecule has 1 unspecified atom stereocenters. The van der Waals surface area contributed by atoms with Gasteiger partial charge in [-0.3, -0.25) is 14.4 Å². The third kappa shape index (κ3) is 4.40. The van der Waals surface area contributed by atoms with Gasteiger partial charge < -0.3 is 14.8 Å². The lowest BCUT2D eigenvalue weighted by atomic mass is 10.1. The molecule has 32 heavy (non-hydrogen) atoms. The van der Waals surface area contributed by atoms with Crippen molar-refractivity contribution in [1.82, 2.24) is 14.5 Å². The molecule has 3 aromatic rings. The highest BCUT2D eigenvalue weighted by molar-refractivity contribution is 6.35. The van der Waals surface area contributed by atoms with Gasteiger partial charge in [0, 0.05) is 42.3 Å². The van der Waals surface area contributed by atoms with Crippen molar-refractivity contribution in [1.29, 1.82) is 0 Å². The number of carbonyl (C=O) groups excluding carboxylic acids is 3. The minimum atomic E-state index is -0.619. The third-order valence-corrected chi connectivity index (χ3v) is 5.98. The van der Waals surface area contributed by atoms with Crippen LogP contribution in [0, 0.1) is 0 Å². The van der Waals surface area contributed by atoms with E-state index in [0.717, 1.165) is 0 Å². The van der Waals surface area contributed by atoms with Gasteiger partial charge >= 0.3 is 0 Å². The molecule has 2 amide bonds. The minimum absolute atomic E-state index is 0.207. The molecule has 1 fully saturated rings. The number of halogens is 2. The summed E-state index contributed by atoms with van der Waals surface area (Å²) in [4.78, 5) is 44.0. The maximum atomic E-state index is 13.0. The number of amides is 2. The van der Waals surface area contributed by atoms with Crippen LogP contribution < -0.4 is 5.32 Å². The lowest BCUT2D eigenvalue weighted by molar-refractivity contribution is -0.119. The first-order chi connectivity index (χ1) is 15.3. The van der Waals surface area contributed by atoms with Gasteiger partial charge in [-0.05, 0) is 55.3 Å². The van der Waals surface area contributed by atoms with Crippen LogP contribution in [0.1, 0.15) is 39.4 Å². The van der Waals surface area contributed by atoms with Gasteiger partial charge in [0.2, 0.25) is 11.7 Å². The molecule has 1 atom stereocenters. The Balaban J connectivity index is 1.46. The quantitative estimate of drug-likeness (QED) is 0.566. The highest BCUT2D eigenvalue weighted by Crippen LogP contribution is 2.27. The Hall–Kier alpha value is -3.16. The summed E-state index contributed by atoms with van der Waals surface area (Å²) in [5.74, 6) is -0.494. The number of imidazole rings is 1. The second kappa shape index (κ2) is 9.14. The third-order valence-electron chi connectivity index (χ3n) is 5.41. The summed E-state index contributed by atoms with van der Waals surface area (Å²) < 4.78 is 1.65. The zero-order valence-electron chi connectivity index (χ0n) is 17.2. The fourth-order valence-corrected chi connectivity index (χ4v) is 4.11. The standard InChI is InChI=1S/C23H20Cl2N4O3/c1-28-12-10-26-21(28)20(30)14-4-7-16(8-5-14)27-22(31)19-3-2-11-29(19)23(32)17-13-15(24)6-9-18(17)25/h4-10,12-13,19H,2-3,11H2,1H3,(H,27,31). The van der Waals surface area contributed by atoms with Crippen LogP contribution in [0.5, 0.6) is 0 Å². The number of rotatable bonds is 5. The van der Waals surface area contributed by atoms with Crippen molar-refractivity contribution in [2.45, 2.75) is 18.9 Å². The second-order valence-corrected chi connectivity index (χ2v) is 8.38. The van der Waals surface area contributed by atoms with Gasteiger partial charge in [-0.2, -0.15) is 0 Å². The molecule has 2 aromatic carbocycles. The normalized spacial score (nSPS) is 15.6. The predicted molar refractivity (Wildman–Crippen MR) is 122 cm³/mol. The van der Waals surface area contributed by atoms with Gasteiger partial charge in [-0.15, -0.1) is 0 Å². The Morgan fingerprint density at radius 2 is 1.84 bits per heavy atom. The second-order valence-electron chi connectivity index (χ2n) is 7.54. The number of ketones is 1. The van der Waals surface area contributed by atoms with Crippen molar-refractivity contribution >= 4 is 46.5 Å². The number of nitrogens with zero attached hydrogens (tertiary/aromatic N) is 3. The van der Waals surface area contributed by atoms with Gasteiger partial charge in [0.25, 0.3) is 5.91 Å². The maximum absolute atomic E-state index is 13.0. The molecule has 1 aliphatic heterocycles. The van der Waals surface area contributed by atoms with Crippen molar-refractivity contribution in [3.05, 3.63) is 81.9 Å².